The van der Waals surface area contributed by atoms with Crippen LogP contribution in [0.4, 0.5) is 16.2 Å². The number of hydrogen-bond donors (Lipinski definition) is 2. The SMILES string of the molecule is CCC(CCNC(=O)OC(C)(C)C)Nc1cc(Oc2ccccc2)ccc1[N+](=O)[O-]. The van der Waals surface area contributed by atoms with E-state index in [1.165, 1.54) is 6.07 Å². The largest absolute Gasteiger partial charge is 0.457 e. The monoisotopic (exact) mass is 415 g/mol. The summed E-state index contributed by atoms with van der Waals surface area (Å²) in [6.07, 6.45) is 0.815. The molecule has 0 bridgehead atoms. The molecule has 0 saturated carbocycles. The number of nitrogens with one attached hydrogen (secondary N) is 2. The molecule has 2 aromatic rings. The van der Waals surface area contributed by atoms with E-state index in [1.807, 2.05) is 37.3 Å². The summed E-state index contributed by atoms with van der Waals surface area (Å²) in [5.41, 5.74) is -0.224. The number of ether oxygens (including phenoxy) is 2. The predicted molar refractivity (Wildman–Crippen MR) is 116 cm³/mol. The lowest BCUT2D eigenvalue weighted by Gasteiger charge is -2.21. The van der Waals surface area contributed by atoms with Crippen LogP contribution >= 0.6 is 0 Å². The highest BCUT2D eigenvalue weighted by Gasteiger charge is 2.19. The first kappa shape index (κ1) is 23.0. The first-order valence-corrected chi connectivity index (χ1v) is 9.92. The molecule has 8 heteroatoms. The molecule has 0 radical (unpaired) electrons. The van der Waals surface area contributed by atoms with Gasteiger partial charge in [0.05, 0.1) is 4.92 Å². The minimum absolute atomic E-state index is 0.0334. The van der Waals surface area contributed by atoms with Crippen LogP contribution in [0.3, 0.4) is 0 Å². The van der Waals surface area contributed by atoms with Crippen molar-refractivity contribution in [2.45, 2.75) is 52.2 Å². The summed E-state index contributed by atoms with van der Waals surface area (Å²) in [5.74, 6) is 1.14. The van der Waals surface area contributed by atoms with Crippen molar-refractivity contribution in [1.29, 1.82) is 0 Å². The zero-order valence-electron chi connectivity index (χ0n) is 17.8. The Bertz CT molecular complexity index is 850. The van der Waals surface area contributed by atoms with Gasteiger partial charge in [-0.1, -0.05) is 25.1 Å². The topological polar surface area (TPSA) is 103 Å². The molecule has 1 atom stereocenters. The number of nitro benzene ring substituents is 1. The number of nitrogens with zero attached hydrogens (tertiary/aromatic N) is 1. The lowest BCUT2D eigenvalue weighted by Crippen LogP contribution is -2.35. The van der Waals surface area contributed by atoms with Gasteiger partial charge in [-0.3, -0.25) is 10.1 Å². The molecule has 0 aliphatic rings. The number of nitro groups is 1. The molecule has 8 nitrogen and oxygen atoms in total. The fourth-order valence-electron chi connectivity index (χ4n) is 2.74. The molecule has 1 unspecified atom stereocenters. The molecule has 0 saturated heterocycles. The van der Waals surface area contributed by atoms with Crippen LogP contribution in [0.1, 0.15) is 40.5 Å². The maximum atomic E-state index is 11.8. The summed E-state index contributed by atoms with van der Waals surface area (Å²) in [6.45, 7) is 7.75. The first-order chi connectivity index (χ1) is 14.2. The van der Waals surface area contributed by atoms with Gasteiger partial charge in [-0.25, -0.2) is 4.79 Å². The Labute approximate surface area is 176 Å². The fourth-order valence-corrected chi connectivity index (χ4v) is 2.74. The van der Waals surface area contributed by atoms with Crippen LogP contribution in [-0.2, 0) is 4.74 Å². The second kappa shape index (κ2) is 10.5. The number of benzene rings is 2. The minimum Gasteiger partial charge on any atom is -0.457 e. The van der Waals surface area contributed by atoms with Crippen molar-refractivity contribution in [2.24, 2.45) is 0 Å². The second-order valence-electron chi connectivity index (χ2n) is 7.82. The highest BCUT2D eigenvalue weighted by Crippen LogP contribution is 2.32. The Morgan fingerprint density at radius 1 is 1.13 bits per heavy atom. The van der Waals surface area contributed by atoms with E-state index in [0.717, 1.165) is 6.42 Å². The summed E-state index contributed by atoms with van der Waals surface area (Å²) in [4.78, 5) is 22.8. The Kier molecular flexibility index (Phi) is 8.03. The molecule has 0 spiro atoms. The van der Waals surface area contributed by atoms with E-state index in [-0.39, 0.29) is 11.7 Å². The molecular formula is C22H29N3O5. The number of amides is 1. The van der Waals surface area contributed by atoms with Gasteiger partial charge in [0.15, 0.2) is 0 Å². The zero-order chi connectivity index (χ0) is 22.1. The van der Waals surface area contributed by atoms with Crippen LogP contribution < -0.4 is 15.4 Å². The maximum Gasteiger partial charge on any atom is 0.407 e. The number of carbonyl (C=O) groups is 1. The Hall–Kier alpha value is -3.29. The summed E-state index contributed by atoms with van der Waals surface area (Å²) < 4.78 is 11.0. The van der Waals surface area contributed by atoms with Crippen molar-refractivity contribution in [3.8, 4) is 11.5 Å². The van der Waals surface area contributed by atoms with Crippen molar-refractivity contribution in [1.82, 2.24) is 5.32 Å². The molecule has 30 heavy (non-hydrogen) atoms. The molecule has 162 valence electrons. The van der Waals surface area contributed by atoms with Crippen molar-refractivity contribution < 1.29 is 19.2 Å². The molecule has 0 fully saturated rings. The molecule has 0 aliphatic heterocycles. The predicted octanol–water partition coefficient (Wildman–Crippen LogP) is 5.49. The van der Waals surface area contributed by atoms with Gasteiger partial charge in [-0.2, -0.15) is 0 Å². The fraction of sp³-hybridized carbons (Fsp3) is 0.409. The summed E-state index contributed by atoms with van der Waals surface area (Å²) in [6, 6.07) is 13.7. The van der Waals surface area contributed by atoms with Crippen molar-refractivity contribution in [2.75, 3.05) is 11.9 Å². The molecule has 2 rings (SSSR count). The van der Waals surface area contributed by atoms with E-state index < -0.39 is 16.6 Å². The summed E-state index contributed by atoms with van der Waals surface area (Å²) in [5, 5.41) is 17.4. The van der Waals surface area contributed by atoms with E-state index in [4.69, 9.17) is 9.47 Å². The quantitative estimate of drug-likeness (QED) is 0.414. The Balaban J connectivity index is 2.04. The van der Waals surface area contributed by atoms with E-state index in [1.54, 1.807) is 32.9 Å². The lowest BCUT2D eigenvalue weighted by molar-refractivity contribution is -0.384. The number of rotatable bonds is 9. The number of anilines is 1. The van der Waals surface area contributed by atoms with Crippen molar-refractivity contribution >= 4 is 17.5 Å². The number of para-hydroxylation sites is 1. The van der Waals surface area contributed by atoms with Crippen LogP contribution in [0.5, 0.6) is 11.5 Å². The first-order valence-electron chi connectivity index (χ1n) is 9.92. The molecule has 0 aromatic heterocycles. The van der Waals surface area contributed by atoms with Gasteiger partial charge in [0.25, 0.3) is 5.69 Å². The van der Waals surface area contributed by atoms with Gasteiger partial charge in [-0.05, 0) is 51.8 Å². The van der Waals surface area contributed by atoms with Gasteiger partial charge in [0, 0.05) is 24.7 Å². The second-order valence-corrected chi connectivity index (χ2v) is 7.82. The van der Waals surface area contributed by atoms with Gasteiger partial charge < -0.3 is 20.1 Å². The smallest absolute Gasteiger partial charge is 0.407 e. The molecule has 1 amide bonds. The van der Waals surface area contributed by atoms with Crippen LogP contribution in [0, 0.1) is 10.1 Å². The van der Waals surface area contributed by atoms with Crippen LogP contribution in [0.15, 0.2) is 48.5 Å². The van der Waals surface area contributed by atoms with Gasteiger partial charge in [0.1, 0.15) is 22.8 Å². The molecular weight excluding hydrogens is 386 g/mol. The molecule has 0 heterocycles. The normalized spacial score (nSPS) is 12.0. The van der Waals surface area contributed by atoms with E-state index in [0.29, 0.717) is 30.2 Å². The Morgan fingerprint density at radius 2 is 1.83 bits per heavy atom. The van der Waals surface area contributed by atoms with Gasteiger partial charge in [-0.15, -0.1) is 0 Å². The van der Waals surface area contributed by atoms with Gasteiger partial charge in [0.2, 0.25) is 0 Å². The van der Waals surface area contributed by atoms with E-state index >= 15 is 0 Å². The number of carbonyl (C=O) groups excluding carboxylic acids is 1. The highest BCUT2D eigenvalue weighted by molar-refractivity contribution is 5.67. The summed E-state index contributed by atoms with van der Waals surface area (Å²) in [7, 11) is 0. The zero-order valence-corrected chi connectivity index (χ0v) is 17.8. The average molecular weight is 415 g/mol. The third-order valence-corrected chi connectivity index (χ3v) is 4.16. The van der Waals surface area contributed by atoms with Crippen molar-refractivity contribution in [3.63, 3.8) is 0 Å². The minimum atomic E-state index is -0.563. The van der Waals surface area contributed by atoms with Crippen LogP contribution in [-0.4, -0.2) is 29.2 Å². The number of hydrogen-bond acceptors (Lipinski definition) is 6. The van der Waals surface area contributed by atoms with E-state index in [9.17, 15) is 14.9 Å². The van der Waals surface area contributed by atoms with Gasteiger partial charge >= 0.3 is 6.09 Å². The maximum absolute atomic E-state index is 11.8. The van der Waals surface area contributed by atoms with E-state index in [2.05, 4.69) is 10.6 Å². The third-order valence-electron chi connectivity index (χ3n) is 4.16. The molecule has 2 N–H and O–H groups in total. The Morgan fingerprint density at radius 3 is 2.43 bits per heavy atom. The van der Waals surface area contributed by atoms with Crippen LogP contribution in [0.2, 0.25) is 0 Å². The molecule has 0 aliphatic carbocycles. The van der Waals surface area contributed by atoms with Crippen molar-refractivity contribution in [3.05, 3.63) is 58.6 Å². The third kappa shape index (κ3) is 7.62. The molecule has 2 aromatic carbocycles. The standard InChI is InChI=1S/C22H29N3O5/c1-5-16(13-14-23-21(26)30-22(2,3)4)24-19-15-18(11-12-20(19)25(27)28)29-17-9-7-6-8-10-17/h6-12,15-16,24H,5,13-14H2,1-4H3,(H,23,26). The highest BCUT2D eigenvalue weighted by atomic mass is 16.6. The average Bonchev–Trinajstić information content (AvgIpc) is 2.66. The summed E-state index contributed by atoms with van der Waals surface area (Å²) >= 11 is 0. The lowest BCUT2D eigenvalue weighted by atomic mass is 10.1. The number of alkyl carbamates (subject to hydrolysis) is 1. The van der Waals surface area contributed by atoms with Crippen LogP contribution in [0.25, 0.3) is 0 Å².